The van der Waals surface area contributed by atoms with E-state index in [1.165, 1.54) is 7.11 Å². The predicted octanol–water partition coefficient (Wildman–Crippen LogP) is 3.59. The summed E-state index contributed by atoms with van der Waals surface area (Å²) in [7, 11) is 4.34. The number of hydrogen-bond donors (Lipinski definition) is 0. The van der Waals surface area contributed by atoms with Gasteiger partial charge in [0.15, 0.2) is 11.5 Å². The van der Waals surface area contributed by atoms with Crippen molar-refractivity contribution in [3.05, 3.63) is 65.2 Å². The fraction of sp³-hybridized carbons (Fsp3) is 0.143. The Kier molecular flexibility index (Phi) is 5.13. The van der Waals surface area contributed by atoms with E-state index in [9.17, 15) is 10.1 Å². The third-order valence-electron chi connectivity index (χ3n) is 4.11. The highest BCUT2D eigenvalue weighted by Crippen LogP contribution is 2.40. The van der Waals surface area contributed by atoms with Crippen LogP contribution in [0.3, 0.4) is 0 Å². The fourth-order valence-corrected chi connectivity index (χ4v) is 2.79. The number of carbonyl (C=O) groups excluding carboxylic acids is 1. The summed E-state index contributed by atoms with van der Waals surface area (Å²) in [6, 6.07) is 14.5. The van der Waals surface area contributed by atoms with Crippen LogP contribution in [0.15, 0.2) is 54.1 Å². The molecule has 2 aromatic carbocycles. The highest BCUT2D eigenvalue weighted by molar-refractivity contribution is 6.06. The van der Waals surface area contributed by atoms with Crippen LogP contribution in [0.25, 0.3) is 11.3 Å². The molecule has 1 aliphatic heterocycles. The maximum atomic E-state index is 12.1. The molecule has 27 heavy (non-hydrogen) atoms. The van der Waals surface area contributed by atoms with Gasteiger partial charge < -0.3 is 18.9 Å². The van der Waals surface area contributed by atoms with Crippen molar-refractivity contribution in [1.29, 1.82) is 5.26 Å². The zero-order valence-corrected chi connectivity index (χ0v) is 15.1. The van der Waals surface area contributed by atoms with Gasteiger partial charge in [-0.2, -0.15) is 5.26 Å². The van der Waals surface area contributed by atoms with Gasteiger partial charge in [-0.1, -0.05) is 18.2 Å². The number of rotatable bonds is 4. The number of nitriles is 1. The van der Waals surface area contributed by atoms with Crippen molar-refractivity contribution >= 4 is 17.3 Å². The fourth-order valence-electron chi connectivity index (χ4n) is 2.79. The van der Waals surface area contributed by atoms with Crippen LogP contribution in [0.5, 0.6) is 17.2 Å². The molecule has 136 valence electrons. The van der Waals surface area contributed by atoms with Crippen molar-refractivity contribution in [2.45, 2.75) is 0 Å². The molecular weight excluding hydrogens is 346 g/mol. The molecular formula is C21H17NO5. The molecule has 0 aromatic heterocycles. The summed E-state index contributed by atoms with van der Waals surface area (Å²) >= 11 is 0. The summed E-state index contributed by atoms with van der Waals surface area (Å²) in [5.74, 6) is 1.43. The van der Waals surface area contributed by atoms with Gasteiger partial charge in [-0.3, -0.25) is 0 Å². The highest BCUT2D eigenvalue weighted by atomic mass is 16.5. The number of methoxy groups -OCH3 is 3. The molecule has 0 N–H and O–H groups in total. The van der Waals surface area contributed by atoms with Gasteiger partial charge in [-0.05, 0) is 30.3 Å². The lowest BCUT2D eigenvalue weighted by Gasteiger charge is -2.21. The standard InChI is InChI=1S/C21H17NO5/c1-24-18-9-8-13(10-20(18)25-2)19-11-15(16(12-22)21(23)26-3)14-6-4-5-7-17(14)27-19/h4-11H,1-3H3. The SMILES string of the molecule is COC(=O)C(C#N)=C1C=C(c2ccc(OC)c(OC)c2)Oc2ccccc21. The number of carbonyl (C=O) groups is 1. The van der Waals surface area contributed by atoms with E-state index in [4.69, 9.17) is 18.9 Å². The molecule has 0 amide bonds. The van der Waals surface area contributed by atoms with Crippen molar-refractivity contribution in [2.24, 2.45) is 0 Å². The Morgan fingerprint density at radius 1 is 1.04 bits per heavy atom. The maximum Gasteiger partial charge on any atom is 0.349 e. The summed E-state index contributed by atoms with van der Waals surface area (Å²) < 4.78 is 21.4. The molecule has 0 atom stereocenters. The number of allylic oxidation sites excluding steroid dienone is 2. The number of benzene rings is 2. The molecule has 6 nitrogen and oxygen atoms in total. The second-order valence-electron chi connectivity index (χ2n) is 5.57. The first kappa shape index (κ1) is 18.1. The lowest BCUT2D eigenvalue weighted by Crippen LogP contribution is -2.10. The number of para-hydroxylation sites is 1. The molecule has 0 aliphatic carbocycles. The Morgan fingerprint density at radius 2 is 1.78 bits per heavy atom. The van der Waals surface area contributed by atoms with Crippen molar-refractivity contribution in [2.75, 3.05) is 21.3 Å². The molecule has 0 unspecified atom stereocenters. The quantitative estimate of drug-likeness (QED) is 0.469. The smallest absolute Gasteiger partial charge is 0.349 e. The molecule has 0 radical (unpaired) electrons. The van der Waals surface area contributed by atoms with E-state index in [0.29, 0.717) is 39.7 Å². The van der Waals surface area contributed by atoms with Crippen LogP contribution in [0.4, 0.5) is 0 Å². The monoisotopic (exact) mass is 363 g/mol. The van der Waals surface area contributed by atoms with Crippen molar-refractivity contribution in [3.8, 4) is 23.3 Å². The van der Waals surface area contributed by atoms with E-state index in [2.05, 4.69) is 0 Å². The molecule has 0 fully saturated rings. The van der Waals surface area contributed by atoms with Crippen LogP contribution >= 0.6 is 0 Å². The van der Waals surface area contributed by atoms with Crippen LogP contribution in [0.1, 0.15) is 11.1 Å². The molecule has 0 saturated carbocycles. The molecule has 3 rings (SSSR count). The largest absolute Gasteiger partial charge is 0.493 e. The Hall–Kier alpha value is -3.72. The normalized spacial score (nSPS) is 14.1. The van der Waals surface area contributed by atoms with E-state index in [1.54, 1.807) is 44.6 Å². The van der Waals surface area contributed by atoms with Gasteiger partial charge in [0.2, 0.25) is 0 Å². The molecule has 1 heterocycles. The van der Waals surface area contributed by atoms with Crippen LogP contribution in [-0.4, -0.2) is 27.3 Å². The number of fused-ring (bicyclic) bond motifs is 1. The third kappa shape index (κ3) is 3.35. The second kappa shape index (κ2) is 7.67. The molecule has 6 heteroatoms. The number of nitrogens with zero attached hydrogens (tertiary/aromatic N) is 1. The summed E-state index contributed by atoms with van der Waals surface area (Å²) in [5, 5.41) is 9.50. The topological polar surface area (TPSA) is 77.8 Å². The minimum absolute atomic E-state index is 0.0915. The lowest BCUT2D eigenvalue weighted by atomic mass is 9.95. The van der Waals surface area contributed by atoms with E-state index >= 15 is 0 Å². The second-order valence-corrected chi connectivity index (χ2v) is 5.57. The first-order valence-electron chi connectivity index (χ1n) is 8.07. The number of hydrogen-bond acceptors (Lipinski definition) is 6. The van der Waals surface area contributed by atoms with Crippen molar-refractivity contribution in [1.82, 2.24) is 0 Å². The summed E-state index contributed by atoms with van der Waals surface area (Å²) in [6.45, 7) is 0. The molecule has 1 aliphatic rings. The van der Waals surface area contributed by atoms with E-state index in [-0.39, 0.29) is 5.57 Å². The minimum atomic E-state index is -0.702. The van der Waals surface area contributed by atoms with Gasteiger partial charge in [0.25, 0.3) is 0 Å². The molecule has 0 bridgehead atoms. The number of ether oxygens (including phenoxy) is 4. The molecule has 0 saturated heterocycles. The van der Waals surface area contributed by atoms with Crippen molar-refractivity contribution < 1.29 is 23.7 Å². The maximum absolute atomic E-state index is 12.1. The predicted molar refractivity (Wildman–Crippen MR) is 99.1 cm³/mol. The van der Waals surface area contributed by atoms with Crippen LogP contribution in [0, 0.1) is 11.3 Å². The van der Waals surface area contributed by atoms with E-state index in [0.717, 1.165) is 0 Å². The van der Waals surface area contributed by atoms with Crippen LogP contribution < -0.4 is 14.2 Å². The first-order valence-corrected chi connectivity index (χ1v) is 8.07. The summed E-state index contributed by atoms with van der Waals surface area (Å²) in [5.41, 5.74) is 1.70. The Balaban J connectivity index is 2.20. The summed E-state index contributed by atoms with van der Waals surface area (Å²) in [6.07, 6.45) is 1.65. The van der Waals surface area contributed by atoms with E-state index < -0.39 is 5.97 Å². The molecule has 0 spiro atoms. The van der Waals surface area contributed by atoms with Crippen LogP contribution in [0.2, 0.25) is 0 Å². The zero-order chi connectivity index (χ0) is 19.4. The average Bonchev–Trinajstić information content (AvgIpc) is 2.73. The van der Waals surface area contributed by atoms with Gasteiger partial charge in [-0.15, -0.1) is 0 Å². The Morgan fingerprint density at radius 3 is 2.44 bits per heavy atom. The average molecular weight is 363 g/mol. The molecule has 2 aromatic rings. The Bertz CT molecular complexity index is 998. The Labute approximate surface area is 156 Å². The number of esters is 1. The van der Waals surface area contributed by atoms with Gasteiger partial charge >= 0.3 is 5.97 Å². The van der Waals surface area contributed by atoms with Gasteiger partial charge in [0.05, 0.1) is 21.3 Å². The van der Waals surface area contributed by atoms with Gasteiger partial charge in [-0.25, -0.2) is 4.79 Å². The van der Waals surface area contributed by atoms with Crippen LogP contribution in [-0.2, 0) is 9.53 Å². The first-order chi connectivity index (χ1) is 13.1. The van der Waals surface area contributed by atoms with Crippen molar-refractivity contribution in [3.63, 3.8) is 0 Å². The zero-order valence-electron chi connectivity index (χ0n) is 15.1. The van der Waals surface area contributed by atoms with E-state index in [1.807, 2.05) is 24.3 Å². The minimum Gasteiger partial charge on any atom is -0.493 e. The lowest BCUT2D eigenvalue weighted by molar-refractivity contribution is -0.135. The summed E-state index contributed by atoms with van der Waals surface area (Å²) in [4.78, 5) is 12.1. The third-order valence-corrected chi connectivity index (χ3v) is 4.11. The van der Waals surface area contributed by atoms with Gasteiger partial charge in [0, 0.05) is 16.7 Å². The van der Waals surface area contributed by atoms with Gasteiger partial charge in [0.1, 0.15) is 23.2 Å². The highest BCUT2D eigenvalue weighted by Gasteiger charge is 2.24.